The summed E-state index contributed by atoms with van der Waals surface area (Å²) in [5, 5.41) is 12.6. The van der Waals surface area contributed by atoms with Gasteiger partial charge in [0.1, 0.15) is 74.6 Å². The predicted octanol–water partition coefficient (Wildman–Crippen LogP) is 30.5. The van der Waals surface area contributed by atoms with E-state index >= 15 is 0 Å². The summed E-state index contributed by atoms with van der Waals surface area (Å²) in [6.07, 6.45) is 47.5. The van der Waals surface area contributed by atoms with Gasteiger partial charge in [-0.25, -0.2) is 4.79 Å². The van der Waals surface area contributed by atoms with Crippen molar-refractivity contribution in [1.82, 2.24) is 0 Å². The molecule has 0 radical (unpaired) electrons. The van der Waals surface area contributed by atoms with Crippen LogP contribution in [-0.2, 0) is 65.6 Å². The minimum absolute atomic E-state index is 0.142. The Balaban J connectivity index is 0.000000115. The number of benzene rings is 12. The van der Waals surface area contributed by atoms with Gasteiger partial charge in [-0.2, -0.15) is 0 Å². The summed E-state index contributed by atoms with van der Waals surface area (Å²) >= 11 is 0. The molecule has 676 valence electrons. The van der Waals surface area contributed by atoms with Gasteiger partial charge in [0.05, 0.1) is 43.9 Å². The van der Waals surface area contributed by atoms with Crippen molar-refractivity contribution >= 4 is 120 Å². The lowest BCUT2D eigenvalue weighted by Crippen LogP contribution is -2.20. The van der Waals surface area contributed by atoms with Gasteiger partial charge in [0, 0.05) is 99.7 Å². The maximum absolute atomic E-state index is 12.6. The summed E-state index contributed by atoms with van der Waals surface area (Å²) < 4.78 is 30.4. The van der Waals surface area contributed by atoms with Crippen LogP contribution in [0.1, 0.15) is 252 Å². The molecule has 9 aliphatic rings. The van der Waals surface area contributed by atoms with Crippen molar-refractivity contribution in [2.45, 2.75) is 272 Å². The van der Waals surface area contributed by atoms with Crippen LogP contribution in [0.15, 0.2) is 265 Å². The number of ketones is 1. The number of carbonyl (C=O) groups excluding carboxylic acids is 2. The molecule has 5 aliphatic carbocycles. The summed E-state index contributed by atoms with van der Waals surface area (Å²) in [5.74, 6) is 17.4. The Morgan fingerprint density at radius 3 is 1.28 bits per heavy atom. The molecule has 4 saturated heterocycles. The van der Waals surface area contributed by atoms with E-state index in [0.29, 0.717) is 62.8 Å². The predicted molar refractivity (Wildman–Crippen MR) is 553 cm³/mol. The normalized spacial score (nSPS) is 18.5. The minimum atomic E-state index is -0.288. The quantitative estimate of drug-likeness (QED) is 0.0380. The van der Waals surface area contributed by atoms with Gasteiger partial charge in [-0.15, -0.1) is 0 Å². The fraction of sp³-hybridized carbons (Fsp3) is 0.453. The Morgan fingerprint density at radius 2 is 0.744 bits per heavy atom. The number of fused-ring (bicyclic) bond motifs is 5. The molecule has 0 N–H and O–H groups in total. The molecule has 0 unspecified atom stereocenters. The number of ether oxygens (including phenoxy) is 5. The Labute approximate surface area is 786 Å². The zero-order valence-corrected chi connectivity index (χ0v) is 81.3. The number of methoxy groups -OCH3 is 1. The first kappa shape index (κ1) is 92.9. The number of hydrogen-bond donors (Lipinski definition) is 0. The number of Topliss-reactive ketones (excluding diaryl/α,β-unsaturated/α-hetero) is 1. The fourth-order valence-electron chi connectivity index (χ4n) is 21.4. The molecule has 9 fully saturated rings. The van der Waals surface area contributed by atoms with Gasteiger partial charge in [-0.3, -0.25) is 4.79 Å². The number of rotatable bonds is 22. The van der Waals surface area contributed by atoms with E-state index in [-0.39, 0.29) is 33.5 Å². The third-order valence-electron chi connectivity index (χ3n) is 28.8. The Hall–Kier alpha value is -7.97. The van der Waals surface area contributed by atoms with Gasteiger partial charge in [0.25, 0.3) is 0 Å². The van der Waals surface area contributed by atoms with E-state index in [0.717, 1.165) is 59.0 Å². The molecule has 21 rings (SSSR count). The zero-order valence-electron chi connectivity index (χ0n) is 77.3. The summed E-state index contributed by atoms with van der Waals surface area (Å²) in [7, 11) is 2.86. The van der Waals surface area contributed by atoms with Crippen molar-refractivity contribution in [3.8, 4) is 23.0 Å². The van der Waals surface area contributed by atoms with E-state index in [4.69, 9.17) is 23.7 Å². The highest BCUT2D eigenvalue weighted by Gasteiger charge is 2.36. The second-order valence-corrected chi connectivity index (χ2v) is 49.1. The molecule has 4 heterocycles. The number of carbonyl (C=O) groups is 2. The molecule has 12 aromatic carbocycles. The smallest absolute Gasteiger partial charge is 0.341 e. The van der Waals surface area contributed by atoms with Crippen LogP contribution >= 0.6 is 0 Å². The highest BCUT2D eigenvalue weighted by Crippen LogP contribution is 2.44. The average molecular weight is 1820 g/mol. The number of hydrogen-bond acceptors (Lipinski definition) is 7. The van der Waals surface area contributed by atoms with E-state index in [1.807, 2.05) is 12.1 Å². The monoisotopic (exact) mass is 1820 g/mol. The molecule has 129 heavy (non-hydrogen) atoms. The van der Waals surface area contributed by atoms with Crippen molar-refractivity contribution in [3.05, 3.63) is 247 Å². The molecule has 12 aromatic rings. The van der Waals surface area contributed by atoms with Crippen LogP contribution in [0, 0.1) is 23.7 Å². The summed E-state index contributed by atoms with van der Waals surface area (Å²) in [5.41, 5.74) is 2.99. The molecule has 4 aliphatic heterocycles. The van der Waals surface area contributed by atoms with Crippen LogP contribution in [0.3, 0.4) is 0 Å². The van der Waals surface area contributed by atoms with Gasteiger partial charge in [0.15, 0.2) is 40.1 Å². The number of esters is 1. The van der Waals surface area contributed by atoms with Gasteiger partial charge in [-0.1, -0.05) is 199 Å². The lowest BCUT2D eigenvalue weighted by Gasteiger charge is -2.24. The molecule has 12 heteroatoms. The van der Waals surface area contributed by atoms with E-state index in [9.17, 15) is 9.59 Å². The van der Waals surface area contributed by atoms with Crippen LogP contribution in [0.5, 0.6) is 23.0 Å². The highest BCUT2D eigenvalue weighted by molar-refractivity contribution is 7.98. The zero-order chi connectivity index (χ0) is 87.7. The van der Waals surface area contributed by atoms with Gasteiger partial charge in [0.2, 0.25) is 0 Å². The second kappa shape index (κ2) is 47.6. The molecule has 0 aromatic heterocycles. The molecule has 7 nitrogen and oxygen atoms in total. The minimum Gasteiger partial charge on any atom is -0.493 e. The molecule has 0 bridgehead atoms. The Morgan fingerprint density at radius 1 is 0.326 bits per heavy atom. The third-order valence-corrected chi connectivity index (χ3v) is 41.1. The SMILES string of the molecule is CC(=O)c1ccc2c(OC3CCCCC3)ccc([S+]3CCCCC3)c2c1.COC(=O)c1cc([S+]2CCCC2)c2ccccc2c1OCC1CCCCC1.c1cc([S+]2CCCC2)ccc1CC1CCCCC1.c1ccc2c([S+]3CCCC3)ccc(OCC3CCCCC3)c2c1.c1ccc2cc([S+](c3ccc(OCC4CCCCC4)cc3)c3ccc4ccccc4c3)ccc2c1. The van der Waals surface area contributed by atoms with Crippen molar-refractivity contribution in [2.24, 2.45) is 23.7 Å². The standard InChI is InChI=1S/C33H31OS.C23H29O3S.C23H29O2S.C21H27OS.C17H25S/c1-2-8-25(9-3-1)24-34-30-16-20-31(21-17-30)35(32-18-14-26-10-4-6-12-28(26)22-32)33-19-15-27-11-5-7-13-29(27)23-33;1-25-23(24)20-15-21(27-13-7-8-14-27)18-11-5-6-12-19(18)22(20)26-16-17-9-3-2-4-10-17;1-17(24)18-10-11-20-21(16-18)23(26-14-6-3-7-15-26)13-12-22(20)25-19-8-4-2-5-9-19;1-2-8-17(9-3-1)16-22-20-12-13-21(23-14-6-7-15-23)19-11-5-4-10-18(19)20;1-2-6-15(7-3-1)14-16-8-10-17(11-9-16)18-12-4-5-13-18/h4-7,10-23,25H,1-3,8-9,24H2;5-6,11-12,15,17H,2-4,7-10,13-14,16H2,1H3;10-13,16,19H,2-9,14-15H2,1H3;4-5,10-13,17H,1-3,6-9,14-16H2;8-11,15H,1-7,12-14H2/q5*+1. The summed E-state index contributed by atoms with van der Waals surface area (Å²) in [4.78, 5) is 34.5. The molecule has 0 atom stereocenters. The molecule has 0 spiro atoms. The molecule has 0 amide bonds. The first-order chi connectivity index (χ1) is 63.7. The molecular formula is C117H141O7S5+5. The topological polar surface area (TPSA) is 80.3 Å². The molecule has 5 saturated carbocycles. The molecular weight excluding hydrogens is 1680 g/mol. The summed E-state index contributed by atoms with van der Waals surface area (Å²) in [6, 6.07) is 84.3. The van der Waals surface area contributed by atoms with Gasteiger partial charge in [-0.05, 0) is 295 Å². The van der Waals surface area contributed by atoms with E-state index in [2.05, 4.69) is 218 Å². The first-order valence-corrected chi connectivity index (χ1v) is 57.5. The maximum Gasteiger partial charge on any atom is 0.341 e. The van der Waals surface area contributed by atoms with Crippen LogP contribution in [-0.4, -0.2) is 90.8 Å². The van der Waals surface area contributed by atoms with Crippen LogP contribution in [0.4, 0.5) is 0 Å². The van der Waals surface area contributed by atoms with E-state index < -0.39 is 0 Å². The van der Waals surface area contributed by atoms with Gasteiger partial charge < -0.3 is 23.7 Å². The van der Waals surface area contributed by atoms with Crippen molar-refractivity contribution in [1.29, 1.82) is 0 Å². The van der Waals surface area contributed by atoms with Crippen molar-refractivity contribution in [2.75, 3.05) is 73.0 Å². The summed E-state index contributed by atoms with van der Waals surface area (Å²) in [6.45, 7) is 4.10. The lowest BCUT2D eigenvalue weighted by atomic mass is 9.85. The van der Waals surface area contributed by atoms with Crippen LogP contribution in [0.2, 0.25) is 0 Å². The maximum atomic E-state index is 12.6. The van der Waals surface area contributed by atoms with Crippen LogP contribution in [0.25, 0.3) is 53.9 Å². The highest BCUT2D eigenvalue weighted by atomic mass is 32.2. The fourth-order valence-corrected chi connectivity index (χ4v) is 33.3. The van der Waals surface area contributed by atoms with Crippen molar-refractivity contribution < 1.29 is 33.3 Å². The Kier molecular flexibility index (Phi) is 34.3. The average Bonchev–Trinajstić information content (AvgIpc) is 1.22. The largest absolute Gasteiger partial charge is 0.493 e. The Bertz CT molecular complexity index is 5500. The van der Waals surface area contributed by atoms with Crippen molar-refractivity contribution in [3.63, 3.8) is 0 Å². The second-order valence-electron chi connectivity index (χ2n) is 38.0. The first-order valence-electron chi connectivity index (χ1n) is 50.1. The van der Waals surface area contributed by atoms with Gasteiger partial charge >= 0.3 is 5.97 Å². The third kappa shape index (κ3) is 24.9. The van der Waals surface area contributed by atoms with E-state index in [1.54, 1.807) is 22.3 Å². The lowest BCUT2D eigenvalue weighted by molar-refractivity contribution is 0.0594. The van der Waals surface area contributed by atoms with Crippen LogP contribution < -0.4 is 18.9 Å². The van der Waals surface area contributed by atoms with E-state index in [1.165, 1.54) is 351 Å².